The zero-order chi connectivity index (χ0) is 28.0. The van der Waals surface area contributed by atoms with E-state index in [1.807, 2.05) is 30.3 Å². The monoisotopic (exact) mass is 551 g/mol. The number of ether oxygens (including phenoxy) is 2. The lowest BCUT2D eigenvalue weighted by Crippen LogP contribution is -2.45. The Hall–Kier alpha value is -3.89. The smallest absolute Gasteiger partial charge is 0.267 e. The zero-order valence-corrected chi connectivity index (χ0v) is 23.1. The molecule has 2 amide bonds. The van der Waals surface area contributed by atoms with Crippen LogP contribution in [0.25, 0.3) is 0 Å². The first-order valence-electron chi connectivity index (χ1n) is 13.0. The SMILES string of the molecule is CCN(CC)S(=O)(=O)c1ccc(C(=O)Nc2ccc3c(c2)N(CCCOc2ccccc2)C(=O)C(C)O3)cc1. The highest BCUT2D eigenvalue weighted by Gasteiger charge is 2.31. The molecule has 1 unspecified atom stereocenters. The van der Waals surface area contributed by atoms with E-state index in [1.54, 1.807) is 43.9 Å². The first-order chi connectivity index (χ1) is 18.7. The largest absolute Gasteiger partial charge is 0.494 e. The molecule has 3 aromatic carbocycles. The minimum absolute atomic E-state index is 0.133. The van der Waals surface area contributed by atoms with Crippen molar-refractivity contribution in [1.29, 1.82) is 0 Å². The lowest BCUT2D eigenvalue weighted by molar-refractivity contribution is -0.125. The third-order valence-corrected chi connectivity index (χ3v) is 8.49. The summed E-state index contributed by atoms with van der Waals surface area (Å²) in [6.07, 6.45) is -0.0225. The minimum Gasteiger partial charge on any atom is -0.494 e. The predicted octanol–water partition coefficient (Wildman–Crippen LogP) is 4.55. The van der Waals surface area contributed by atoms with Gasteiger partial charge >= 0.3 is 0 Å². The number of anilines is 2. The van der Waals surface area contributed by atoms with Crippen LogP contribution >= 0.6 is 0 Å². The van der Waals surface area contributed by atoms with Gasteiger partial charge in [0.15, 0.2) is 6.10 Å². The molecule has 1 N–H and O–H groups in total. The highest BCUT2D eigenvalue weighted by Crippen LogP contribution is 2.36. The Morgan fingerprint density at radius 3 is 2.38 bits per heavy atom. The van der Waals surface area contributed by atoms with Crippen LogP contribution in [0, 0.1) is 0 Å². The van der Waals surface area contributed by atoms with Gasteiger partial charge in [0.05, 0.1) is 17.2 Å². The average Bonchev–Trinajstić information content (AvgIpc) is 2.94. The molecule has 3 aromatic rings. The summed E-state index contributed by atoms with van der Waals surface area (Å²) < 4.78 is 38.3. The molecule has 9 nitrogen and oxygen atoms in total. The molecule has 0 aromatic heterocycles. The first kappa shape index (κ1) is 28.1. The topological polar surface area (TPSA) is 105 Å². The Bertz CT molecular complexity index is 1410. The number of nitrogens with zero attached hydrogens (tertiary/aromatic N) is 2. The molecule has 0 radical (unpaired) electrons. The van der Waals surface area contributed by atoms with E-state index in [2.05, 4.69) is 5.32 Å². The van der Waals surface area contributed by atoms with Gasteiger partial charge in [-0.3, -0.25) is 9.59 Å². The molecule has 1 atom stereocenters. The van der Waals surface area contributed by atoms with Gasteiger partial charge in [0, 0.05) is 30.9 Å². The molecule has 0 aliphatic carbocycles. The molecule has 39 heavy (non-hydrogen) atoms. The maximum Gasteiger partial charge on any atom is 0.267 e. The van der Waals surface area contributed by atoms with Gasteiger partial charge in [0.2, 0.25) is 10.0 Å². The van der Waals surface area contributed by atoms with E-state index in [9.17, 15) is 18.0 Å². The van der Waals surface area contributed by atoms with Gasteiger partial charge in [-0.15, -0.1) is 0 Å². The fraction of sp³-hybridized carbons (Fsp3) is 0.310. The molecule has 1 heterocycles. The van der Waals surface area contributed by atoms with Crippen molar-refractivity contribution in [3.8, 4) is 11.5 Å². The number of hydrogen-bond donors (Lipinski definition) is 1. The van der Waals surface area contributed by atoms with Crippen molar-refractivity contribution in [3.05, 3.63) is 78.4 Å². The molecular formula is C29H33N3O6S. The molecule has 0 saturated carbocycles. The van der Waals surface area contributed by atoms with E-state index >= 15 is 0 Å². The summed E-state index contributed by atoms with van der Waals surface area (Å²) in [5.41, 5.74) is 1.36. The van der Waals surface area contributed by atoms with Crippen LogP contribution in [0.3, 0.4) is 0 Å². The van der Waals surface area contributed by atoms with Crippen LogP contribution in [0.2, 0.25) is 0 Å². The standard InChI is InChI=1S/C29H33N3O6S/c1-4-31(5-2)39(35,36)25-15-12-22(13-16-25)28(33)30-23-14-17-27-26(20-23)32(29(34)21(3)38-27)18-9-19-37-24-10-7-6-8-11-24/h6-8,10-17,20-21H,4-5,9,18-19H2,1-3H3,(H,30,33). The van der Waals surface area contributed by atoms with Crippen LogP contribution in [0.4, 0.5) is 11.4 Å². The number of carbonyl (C=O) groups excluding carboxylic acids is 2. The molecule has 0 spiro atoms. The Morgan fingerprint density at radius 1 is 1.03 bits per heavy atom. The maximum atomic E-state index is 12.9. The Kier molecular flexibility index (Phi) is 8.88. The highest BCUT2D eigenvalue weighted by atomic mass is 32.2. The van der Waals surface area contributed by atoms with Crippen molar-refractivity contribution < 1.29 is 27.5 Å². The van der Waals surface area contributed by atoms with Crippen molar-refractivity contribution in [3.63, 3.8) is 0 Å². The van der Waals surface area contributed by atoms with E-state index in [1.165, 1.54) is 28.6 Å². The Labute approximate surface area is 229 Å². The van der Waals surface area contributed by atoms with Crippen molar-refractivity contribution in [1.82, 2.24) is 4.31 Å². The minimum atomic E-state index is -3.61. The molecule has 10 heteroatoms. The molecule has 4 rings (SSSR count). The third kappa shape index (κ3) is 6.40. The zero-order valence-electron chi connectivity index (χ0n) is 22.3. The summed E-state index contributed by atoms with van der Waals surface area (Å²) in [4.78, 5) is 27.7. The predicted molar refractivity (Wildman–Crippen MR) is 150 cm³/mol. The van der Waals surface area contributed by atoms with E-state index in [-0.39, 0.29) is 10.8 Å². The van der Waals surface area contributed by atoms with Gasteiger partial charge in [-0.05, 0) is 67.9 Å². The van der Waals surface area contributed by atoms with Gasteiger partial charge in [-0.2, -0.15) is 4.31 Å². The summed E-state index contributed by atoms with van der Waals surface area (Å²) in [5, 5.41) is 2.83. The number of carbonyl (C=O) groups is 2. The normalized spacial score (nSPS) is 15.0. The third-order valence-electron chi connectivity index (χ3n) is 6.42. The lowest BCUT2D eigenvalue weighted by Gasteiger charge is -2.33. The van der Waals surface area contributed by atoms with E-state index in [0.717, 1.165) is 5.75 Å². The van der Waals surface area contributed by atoms with Crippen molar-refractivity contribution in [2.75, 3.05) is 36.5 Å². The quantitative estimate of drug-likeness (QED) is 0.351. The van der Waals surface area contributed by atoms with E-state index < -0.39 is 22.0 Å². The molecule has 206 valence electrons. The second kappa shape index (κ2) is 12.3. The number of amides is 2. The highest BCUT2D eigenvalue weighted by molar-refractivity contribution is 7.89. The van der Waals surface area contributed by atoms with Crippen LogP contribution < -0.4 is 19.7 Å². The van der Waals surface area contributed by atoms with Crippen molar-refractivity contribution in [2.45, 2.75) is 38.2 Å². The fourth-order valence-corrected chi connectivity index (χ4v) is 5.80. The van der Waals surface area contributed by atoms with Crippen molar-refractivity contribution in [2.24, 2.45) is 0 Å². The summed E-state index contributed by atoms with van der Waals surface area (Å²) in [6, 6.07) is 20.4. The van der Waals surface area contributed by atoms with Gasteiger partial charge < -0.3 is 19.7 Å². The van der Waals surface area contributed by atoms with Crippen molar-refractivity contribution >= 4 is 33.2 Å². The van der Waals surface area contributed by atoms with Crippen LogP contribution in [0.15, 0.2) is 77.7 Å². The van der Waals surface area contributed by atoms with Crippen LogP contribution in [0.5, 0.6) is 11.5 Å². The summed E-state index contributed by atoms with van der Waals surface area (Å²) >= 11 is 0. The van der Waals surface area contributed by atoms with E-state index in [4.69, 9.17) is 9.47 Å². The maximum absolute atomic E-state index is 12.9. The van der Waals surface area contributed by atoms with Crippen LogP contribution in [-0.4, -0.2) is 56.9 Å². The Balaban J connectivity index is 1.45. The number of benzene rings is 3. The van der Waals surface area contributed by atoms with Gasteiger partial charge in [-0.1, -0.05) is 32.0 Å². The number of fused-ring (bicyclic) bond motifs is 1. The second-order valence-electron chi connectivity index (χ2n) is 9.02. The molecule has 0 fully saturated rings. The lowest BCUT2D eigenvalue weighted by atomic mass is 10.1. The molecular weight excluding hydrogens is 518 g/mol. The molecule has 1 aliphatic rings. The molecule has 0 bridgehead atoms. The number of para-hydroxylation sites is 1. The summed E-state index contributed by atoms with van der Waals surface area (Å²) in [7, 11) is -3.61. The first-order valence-corrected chi connectivity index (χ1v) is 14.4. The molecule has 0 saturated heterocycles. The average molecular weight is 552 g/mol. The number of hydrogen-bond acceptors (Lipinski definition) is 6. The van der Waals surface area contributed by atoms with Gasteiger partial charge in [0.1, 0.15) is 11.5 Å². The Morgan fingerprint density at radius 2 is 1.72 bits per heavy atom. The number of rotatable bonds is 11. The number of nitrogens with one attached hydrogen (secondary N) is 1. The van der Waals surface area contributed by atoms with Gasteiger partial charge in [0.25, 0.3) is 11.8 Å². The van der Waals surface area contributed by atoms with Crippen LogP contribution in [-0.2, 0) is 14.8 Å². The summed E-state index contributed by atoms with van der Waals surface area (Å²) in [6.45, 7) is 6.85. The second-order valence-corrected chi connectivity index (χ2v) is 11.0. The number of sulfonamides is 1. The van der Waals surface area contributed by atoms with E-state index in [0.29, 0.717) is 55.3 Å². The molecule has 1 aliphatic heterocycles. The van der Waals surface area contributed by atoms with Crippen LogP contribution in [0.1, 0.15) is 37.6 Å². The summed E-state index contributed by atoms with van der Waals surface area (Å²) in [5.74, 6) is 0.745. The van der Waals surface area contributed by atoms with Gasteiger partial charge in [-0.25, -0.2) is 8.42 Å². The fourth-order valence-electron chi connectivity index (χ4n) is 4.34.